The van der Waals surface area contributed by atoms with E-state index in [9.17, 15) is 0 Å². The quantitative estimate of drug-likeness (QED) is 0.496. The minimum absolute atomic E-state index is 0.349. The molecular formula is C11H20O2. The van der Waals surface area contributed by atoms with E-state index in [1.54, 1.807) is 14.2 Å². The molecule has 0 saturated carbocycles. The molecule has 0 spiro atoms. The summed E-state index contributed by atoms with van der Waals surface area (Å²) < 4.78 is 10.8. The molecule has 1 rings (SSSR count). The highest BCUT2D eigenvalue weighted by Gasteiger charge is 2.31. The fourth-order valence-electron chi connectivity index (χ4n) is 1.80. The van der Waals surface area contributed by atoms with Crippen LogP contribution >= 0.6 is 0 Å². The van der Waals surface area contributed by atoms with Crippen LogP contribution in [0.15, 0.2) is 11.6 Å². The van der Waals surface area contributed by atoms with Crippen molar-refractivity contribution in [2.24, 2.45) is 5.92 Å². The predicted molar refractivity (Wildman–Crippen MR) is 53.5 cm³/mol. The Morgan fingerprint density at radius 1 is 1.31 bits per heavy atom. The van der Waals surface area contributed by atoms with Crippen molar-refractivity contribution in [2.45, 2.75) is 38.9 Å². The second kappa shape index (κ2) is 4.25. The molecule has 0 N–H and O–H groups in total. The minimum Gasteiger partial charge on any atom is -0.353 e. The highest BCUT2D eigenvalue weighted by Crippen LogP contribution is 2.33. The molecule has 13 heavy (non-hydrogen) atoms. The Kier molecular flexibility index (Phi) is 3.51. The first-order chi connectivity index (χ1) is 6.13. The van der Waals surface area contributed by atoms with Gasteiger partial charge in [-0.2, -0.15) is 0 Å². The van der Waals surface area contributed by atoms with E-state index in [1.165, 1.54) is 5.57 Å². The van der Waals surface area contributed by atoms with Crippen LogP contribution in [0.1, 0.15) is 33.1 Å². The van der Waals surface area contributed by atoms with Crippen LogP contribution in [0.3, 0.4) is 0 Å². The molecule has 0 unspecified atom stereocenters. The highest BCUT2D eigenvalue weighted by molar-refractivity contribution is 5.10. The van der Waals surface area contributed by atoms with E-state index in [2.05, 4.69) is 19.9 Å². The third-order valence-electron chi connectivity index (χ3n) is 2.96. The molecule has 0 saturated heterocycles. The van der Waals surface area contributed by atoms with Gasteiger partial charge in [-0.05, 0) is 12.3 Å². The van der Waals surface area contributed by atoms with E-state index >= 15 is 0 Å². The summed E-state index contributed by atoms with van der Waals surface area (Å²) in [6, 6.07) is 0. The Morgan fingerprint density at radius 2 is 1.92 bits per heavy atom. The van der Waals surface area contributed by atoms with Gasteiger partial charge in [0.05, 0.1) is 0 Å². The number of hydrogen-bond acceptors (Lipinski definition) is 2. The molecule has 0 aliphatic heterocycles. The Hall–Kier alpha value is -0.340. The van der Waals surface area contributed by atoms with Gasteiger partial charge in [-0.25, -0.2) is 0 Å². The highest BCUT2D eigenvalue weighted by atomic mass is 16.7. The molecule has 2 nitrogen and oxygen atoms in total. The summed E-state index contributed by atoms with van der Waals surface area (Å²) in [5.74, 6) is 0.310. The molecule has 0 bridgehead atoms. The maximum atomic E-state index is 5.39. The van der Waals surface area contributed by atoms with E-state index in [0.717, 1.165) is 19.3 Å². The average Bonchev–Trinajstić information content (AvgIpc) is 2.18. The predicted octanol–water partition coefficient (Wildman–Crippen LogP) is 2.74. The van der Waals surface area contributed by atoms with Crippen LogP contribution in [0.25, 0.3) is 0 Å². The Bertz CT molecular complexity index is 190. The molecule has 0 amide bonds. The molecule has 0 aromatic heterocycles. The second-order valence-electron chi connectivity index (χ2n) is 3.96. The van der Waals surface area contributed by atoms with E-state index in [1.807, 2.05) is 0 Å². The van der Waals surface area contributed by atoms with Gasteiger partial charge in [0.15, 0.2) is 5.79 Å². The lowest BCUT2D eigenvalue weighted by molar-refractivity contribution is -0.210. The first-order valence-corrected chi connectivity index (χ1v) is 4.93. The van der Waals surface area contributed by atoms with Crippen molar-refractivity contribution in [1.29, 1.82) is 0 Å². The summed E-state index contributed by atoms with van der Waals surface area (Å²) in [4.78, 5) is 0. The first-order valence-electron chi connectivity index (χ1n) is 4.93. The van der Waals surface area contributed by atoms with Gasteiger partial charge in [-0.3, -0.25) is 0 Å². The SMILES string of the molecule is COC1(OC)CC=C(C(C)C)CC1. The van der Waals surface area contributed by atoms with Gasteiger partial charge in [0, 0.05) is 27.1 Å². The number of hydrogen-bond donors (Lipinski definition) is 0. The van der Waals surface area contributed by atoms with Crippen molar-refractivity contribution in [1.82, 2.24) is 0 Å². The van der Waals surface area contributed by atoms with Gasteiger partial charge in [0.25, 0.3) is 0 Å². The maximum absolute atomic E-state index is 5.39. The minimum atomic E-state index is -0.349. The van der Waals surface area contributed by atoms with Crippen molar-refractivity contribution in [3.05, 3.63) is 11.6 Å². The van der Waals surface area contributed by atoms with Crippen LogP contribution in [0.2, 0.25) is 0 Å². The molecule has 1 aliphatic carbocycles. The van der Waals surface area contributed by atoms with E-state index in [0.29, 0.717) is 5.92 Å². The molecule has 0 heterocycles. The van der Waals surface area contributed by atoms with E-state index in [4.69, 9.17) is 9.47 Å². The smallest absolute Gasteiger partial charge is 0.171 e. The summed E-state index contributed by atoms with van der Waals surface area (Å²) in [5, 5.41) is 0. The van der Waals surface area contributed by atoms with Gasteiger partial charge < -0.3 is 9.47 Å². The van der Waals surface area contributed by atoms with Crippen molar-refractivity contribution in [2.75, 3.05) is 14.2 Å². The van der Waals surface area contributed by atoms with Crippen LogP contribution in [0, 0.1) is 5.92 Å². The summed E-state index contributed by atoms with van der Waals surface area (Å²) in [6.07, 6.45) is 5.22. The van der Waals surface area contributed by atoms with Crippen molar-refractivity contribution in [3.8, 4) is 0 Å². The molecule has 1 aliphatic rings. The third-order valence-corrected chi connectivity index (χ3v) is 2.96. The lowest BCUT2D eigenvalue weighted by atomic mass is 9.88. The normalized spacial score (nSPS) is 21.8. The molecule has 0 atom stereocenters. The summed E-state index contributed by atoms with van der Waals surface area (Å²) in [7, 11) is 3.44. The average molecular weight is 184 g/mol. The fourth-order valence-corrected chi connectivity index (χ4v) is 1.80. The summed E-state index contributed by atoms with van der Waals surface area (Å²) in [5.41, 5.74) is 1.53. The van der Waals surface area contributed by atoms with Crippen LogP contribution in [-0.4, -0.2) is 20.0 Å². The number of allylic oxidation sites excluding steroid dienone is 1. The molecule has 0 aromatic rings. The van der Waals surface area contributed by atoms with Crippen molar-refractivity contribution < 1.29 is 9.47 Å². The van der Waals surface area contributed by atoms with Gasteiger partial charge in [-0.1, -0.05) is 25.5 Å². The zero-order valence-corrected chi connectivity index (χ0v) is 9.09. The Labute approximate surface area is 80.9 Å². The molecule has 0 fully saturated rings. The third kappa shape index (κ3) is 2.32. The molecule has 0 aromatic carbocycles. The van der Waals surface area contributed by atoms with Gasteiger partial charge in [0.1, 0.15) is 0 Å². The van der Waals surface area contributed by atoms with E-state index < -0.39 is 0 Å². The summed E-state index contributed by atoms with van der Waals surface area (Å²) in [6.45, 7) is 4.47. The number of methoxy groups -OCH3 is 2. The zero-order valence-electron chi connectivity index (χ0n) is 9.09. The number of rotatable bonds is 3. The van der Waals surface area contributed by atoms with Crippen LogP contribution < -0.4 is 0 Å². The van der Waals surface area contributed by atoms with Gasteiger partial charge in [0.2, 0.25) is 0 Å². The summed E-state index contributed by atoms with van der Waals surface area (Å²) >= 11 is 0. The monoisotopic (exact) mass is 184 g/mol. The lowest BCUT2D eigenvalue weighted by Gasteiger charge is -2.34. The molecule has 2 heteroatoms. The molecular weight excluding hydrogens is 164 g/mol. The maximum Gasteiger partial charge on any atom is 0.171 e. The molecule has 76 valence electrons. The Morgan fingerprint density at radius 3 is 2.23 bits per heavy atom. The second-order valence-corrected chi connectivity index (χ2v) is 3.96. The topological polar surface area (TPSA) is 18.5 Å². The molecule has 0 radical (unpaired) electrons. The van der Waals surface area contributed by atoms with Crippen LogP contribution in [0.5, 0.6) is 0 Å². The largest absolute Gasteiger partial charge is 0.353 e. The van der Waals surface area contributed by atoms with Crippen molar-refractivity contribution in [3.63, 3.8) is 0 Å². The standard InChI is InChI=1S/C11H20O2/c1-9(2)10-5-7-11(12-3,13-4)8-6-10/h5,9H,6-8H2,1-4H3. The van der Waals surface area contributed by atoms with Gasteiger partial charge in [-0.15, -0.1) is 0 Å². The number of ether oxygens (including phenoxy) is 2. The van der Waals surface area contributed by atoms with Crippen molar-refractivity contribution >= 4 is 0 Å². The van der Waals surface area contributed by atoms with Crippen LogP contribution in [-0.2, 0) is 9.47 Å². The lowest BCUT2D eigenvalue weighted by Crippen LogP contribution is -2.35. The Balaban J connectivity index is 2.63. The van der Waals surface area contributed by atoms with Crippen LogP contribution in [0.4, 0.5) is 0 Å². The fraction of sp³-hybridized carbons (Fsp3) is 0.818. The van der Waals surface area contributed by atoms with E-state index in [-0.39, 0.29) is 5.79 Å². The first kappa shape index (κ1) is 10.7. The van der Waals surface area contributed by atoms with Gasteiger partial charge >= 0.3 is 0 Å². The zero-order chi connectivity index (χ0) is 9.90.